The van der Waals surface area contributed by atoms with Gasteiger partial charge in [0.25, 0.3) is 5.91 Å². The van der Waals surface area contributed by atoms with Gasteiger partial charge >= 0.3 is 0 Å². The van der Waals surface area contributed by atoms with Crippen LogP contribution in [-0.4, -0.2) is 23.4 Å². The van der Waals surface area contributed by atoms with Gasteiger partial charge in [0, 0.05) is 0 Å². The van der Waals surface area contributed by atoms with Gasteiger partial charge < -0.3 is 4.74 Å². The molecule has 3 rings (SSSR count). The van der Waals surface area contributed by atoms with E-state index in [2.05, 4.69) is 17.1 Å². The summed E-state index contributed by atoms with van der Waals surface area (Å²) in [6.07, 6.45) is 1.75. The van der Waals surface area contributed by atoms with E-state index in [4.69, 9.17) is 4.74 Å². The predicted molar refractivity (Wildman–Crippen MR) is 114 cm³/mol. The number of aryl methyl sites for hydroxylation is 2. The Hall–Kier alpha value is -3.04. The molecule has 1 unspecified atom stereocenters. The number of ether oxygens (including phenoxy) is 1. The number of carbonyl (C=O) groups excluding carboxylic acids is 1. The second kappa shape index (κ2) is 8.32. The zero-order valence-electron chi connectivity index (χ0n) is 16.3. The maximum Gasteiger partial charge on any atom is 0.283 e. The number of carbonyl (C=O) groups is 1. The quantitative estimate of drug-likeness (QED) is 0.709. The van der Waals surface area contributed by atoms with Crippen molar-refractivity contribution in [3.63, 3.8) is 0 Å². The van der Waals surface area contributed by atoms with Crippen molar-refractivity contribution in [3.8, 4) is 11.8 Å². The number of amidine groups is 1. The minimum Gasteiger partial charge on any atom is -0.497 e. The molecule has 0 spiro atoms. The summed E-state index contributed by atoms with van der Waals surface area (Å²) in [7, 11) is 1.61. The number of methoxy groups -OCH3 is 1. The molecule has 0 aromatic heterocycles. The predicted octanol–water partition coefficient (Wildman–Crippen LogP) is 4.70. The van der Waals surface area contributed by atoms with Crippen LogP contribution in [0.15, 0.2) is 53.2 Å². The summed E-state index contributed by atoms with van der Waals surface area (Å²) in [5, 5.41) is 9.40. The molecule has 0 radical (unpaired) electrons. The van der Waals surface area contributed by atoms with E-state index in [0.717, 1.165) is 28.1 Å². The highest BCUT2D eigenvalue weighted by atomic mass is 32.2. The Labute approximate surface area is 169 Å². The lowest BCUT2D eigenvalue weighted by Crippen LogP contribution is -2.31. The molecular weight excluding hydrogens is 370 g/mol. The fourth-order valence-electron chi connectivity index (χ4n) is 2.93. The van der Waals surface area contributed by atoms with E-state index in [0.29, 0.717) is 10.9 Å². The van der Waals surface area contributed by atoms with Crippen LogP contribution in [0.2, 0.25) is 0 Å². The molecule has 0 saturated carbocycles. The molecule has 0 bridgehead atoms. The number of amides is 1. The topological polar surface area (TPSA) is 65.7 Å². The fourth-order valence-corrected chi connectivity index (χ4v) is 3.74. The molecule has 5 nitrogen and oxygen atoms in total. The van der Waals surface area contributed by atoms with E-state index >= 15 is 0 Å². The van der Waals surface area contributed by atoms with Gasteiger partial charge in [0.05, 0.1) is 24.1 Å². The summed E-state index contributed by atoms with van der Waals surface area (Å²) in [4.78, 5) is 19.3. The molecule has 2 aromatic rings. The zero-order chi connectivity index (χ0) is 20.3. The van der Waals surface area contributed by atoms with Crippen molar-refractivity contribution in [1.82, 2.24) is 0 Å². The van der Waals surface area contributed by atoms with Crippen molar-refractivity contribution in [1.29, 1.82) is 5.26 Å². The van der Waals surface area contributed by atoms with Crippen LogP contribution < -0.4 is 9.64 Å². The molecular formula is C22H21N3O2S. The van der Waals surface area contributed by atoms with E-state index in [1.807, 2.05) is 50.2 Å². The van der Waals surface area contributed by atoms with Crippen LogP contribution in [0.4, 0.5) is 5.69 Å². The van der Waals surface area contributed by atoms with Gasteiger partial charge in [0.15, 0.2) is 5.17 Å². The molecule has 28 heavy (non-hydrogen) atoms. The summed E-state index contributed by atoms with van der Waals surface area (Å²) >= 11 is 1.28. The highest BCUT2D eigenvalue weighted by Gasteiger charge is 2.33. The molecule has 1 aliphatic rings. The maximum absolute atomic E-state index is 13.2. The van der Waals surface area contributed by atoms with E-state index in [9.17, 15) is 10.1 Å². The van der Waals surface area contributed by atoms with E-state index in [1.54, 1.807) is 25.0 Å². The van der Waals surface area contributed by atoms with Crippen LogP contribution in [0.5, 0.6) is 5.75 Å². The van der Waals surface area contributed by atoms with Crippen molar-refractivity contribution < 1.29 is 9.53 Å². The minimum absolute atomic E-state index is 0.201. The minimum atomic E-state index is -0.319. The van der Waals surface area contributed by atoms with Gasteiger partial charge in [0.2, 0.25) is 0 Å². The van der Waals surface area contributed by atoms with Crippen molar-refractivity contribution >= 4 is 34.6 Å². The lowest BCUT2D eigenvalue weighted by Gasteiger charge is -2.19. The van der Waals surface area contributed by atoms with Gasteiger partial charge in [-0.15, -0.1) is 0 Å². The molecule has 0 aliphatic carbocycles. The number of nitrogens with zero attached hydrogens (tertiary/aromatic N) is 3. The molecule has 2 aromatic carbocycles. The molecule has 0 N–H and O–H groups in total. The van der Waals surface area contributed by atoms with E-state index < -0.39 is 0 Å². The molecule has 6 heteroatoms. The Morgan fingerprint density at radius 2 is 1.82 bits per heavy atom. The number of benzene rings is 2. The van der Waals surface area contributed by atoms with Crippen LogP contribution in [0.3, 0.4) is 0 Å². The summed E-state index contributed by atoms with van der Waals surface area (Å²) in [5.41, 5.74) is 4.09. The second-order valence-electron chi connectivity index (χ2n) is 6.57. The Balaban J connectivity index is 2.01. The SMILES string of the molecule is COc1ccc(/C=C2\N=C(SC(C)C#N)N(c3cc(C)cc(C)c3)C2=O)cc1. The number of hydrogen-bond donors (Lipinski definition) is 0. The lowest BCUT2D eigenvalue weighted by molar-refractivity contribution is -0.113. The van der Waals surface area contributed by atoms with Gasteiger partial charge in [-0.1, -0.05) is 30.0 Å². The fraction of sp³-hybridized carbons (Fsp3) is 0.227. The first-order chi connectivity index (χ1) is 13.4. The Morgan fingerprint density at radius 3 is 2.39 bits per heavy atom. The van der Waals surface area contributed by atoms with Crippen LogP contribution in [-0.2, 0) is 4.79 Å². The first-order valence-corrected chi connectivity index (χ1v) is 9.72. The molecule has 0 fully saturated rings. The van der Waals surface area contributed by atoms with Crippen molar-refractivity contribution in [2.75, 3.05) is 12.0 Å². The van der Waals surface area contributed by atoms with Crippen molar-refractivity contribution in [3.05, 3.63) is 64.9 Å². The maximum atomic E-state index is 13.2. The van der Waals surface area contributed by atoms with Gasteiger partial charge in [-0.3, -0.25) is 9.69 Å². The van der Waals surface area contributed by atoms with Gasteiger partial charge in [-0.25, -0.2) is 4.99 Å². The van der Waals surface area contributed by atoms with Gasteiger partial charge in [-0.2, -0.15) is 5.26 Å². The average Bonchev–Trinajstić information content (AvgIpc) is 2.96. The van der Waals surface area contributed by atoms with Crippen LogP contribution in [0, 0.1) is 25.2 Å². The van der Waals surface area contributed by atoms with Crippen molar-refractivity contribution in [2.45, 2.75) is 26.0 Å². The zero-order valence-corrected chi connectivity index (χ0v) is 17.1. The molecule has 1 atom stereocenters. The monoisotopic (exact) mass is 391 g/mol. The summed E-state index contributed by atoms with van der Waals surface area (Å²) < 4.78 is 5.17. The Kier molecular flexibility index (Phi) is 5.86. The third-order valence-electron chi connectivity index (χ3n) is 4.18. The van der Waals surface area contributed by atoms with Crippen LogP contribution in [0.25, 0.3) is 6.08 Å². The summed E-state index contributed by atoms with van der Waals surface area (Å²) in [5.74, 6) is 0.549. The number of hydrogen-bond acceptors (Lipinski definition) is 5. The van der Waals surface area contributed by atoms with Crippen LogP contribution in [0.1, 0.15) is 23.6 Å². The molecule has 1 amide bonds. The average molecular weight is 391 g/mol. The molecule has 0 saturated heterocycles. The normalized spacial score (nSPS) is 16.1. The first-order valence-electron chi connectivity index (χ1n) is 8.84. The summed E-state index contributed by atoms with van der Waals surface area (Å²) in [6.45, 7) is 5.78. The third-order valence-corrected chi connectivity index (χ3v) is 5.12. The van der Waals surface area contributed by atoms with Gasteiger partial charge in [0.1, 0.15) is 11.4 Å². The lowest BCUT2D eigenvalue weighted by atomic mass is 10.1. The van der Waals surface area contributed by atoms with Crippen molar-refractivity contribution in [2.24, 2.45) is 4.99 Å². The highest BCUT2D eigenvalue weighted by molar-refractivity contribution is 8.15. The highest BCUT2D eigenvalue weighted by Crippen LogP contribution is 2.32. The first kappa shape index (κ1) is 19.7. The number of nitriles is 1. The van der Waals surface area contributed by atoms with E-state index in [-0.39, 0.29) is 11.2 Å². The molecule has 1 aliphatic heterocycles. The van der Waals surface area contributed by atoms with Gasteiger partial charge in [-0.05, 0) is 67.8 Å². The largest absolute Gasteiger partial charge is 0.497 e. The molecule has 1 heterocycles. The Morgan fingerprint density at radius 1 is 1.18 bits per heavy atom. The number of thioether (sulfide) groups is 1. The third kappa shape index (κ3) is 4.26. The molecule has 142 valence electrons. The van der Waals surface area contributed by atoms with Crippen LogP contribution >= 0.6 is 11.8 Å². The summed E-state index contributed by atoms with van der Waals surface area (Å²) in [6, 6.07) is 15.6. The number of rotatable bonds is 4. The second-order valence-corrected chi connectivity index (χ2v) is 7.88. The smallest absolute Gasteiger partial charge is 0.283 e. The van der Waals surface area contributed by atoms with E-state index in [1.165, 1.54) is 11.8 Å². The standard InChI is InChI=1S/C22H21N3O2S/c1-14-9-15(2)11-18(10-14)25-21(26)20(24-22(25)28-16(3)13-23)12-17-5-7-19(27-4)8-6-17/h5-12,16H,1-4H3/b20-12-. The number of aliphatic imine (C=N–C) groups is 1. The number of anilines is 1. The Bertz CT molecular complexity index is 983.